The van der Waals surface area contributed by atoms with Crippen LogP contribution in [0.3, 0.4) is 0 Å². The number of benzene rings is 1. The van der Waals surface area contributed by atoms with E-state index in [1.807, 2.05) is 44.2 Å². The van der Waals surface area contributed by atoms with E-state index in [9.17, 15) is 9.59 Å². The molecule has 0 bridgehead atoms. The second kappa shape index (κ2) is 8.45. The van der Waals surface area contributed by atoms with Crippen molar-refractivity contribution in [1.82, 2.24) is 4.90 Å². The van der Waals surface area contributed by atoms with Crippen LogP contribution in [0.15, 0.2) is 48.5 Å². The van der Waals surface area contributed by atoms with Crippen molar-refractivity contribution in [1.29, 1.82) is 0 Å². The molecule has 0 radical (unpaired) electrons. The van der Waals surface area contributed by atoms with Crippen molar-refractivity contribution in [3.8, 4) is 10.4 Å². The van der Waals surface area contributed by atoms with Gasteiger partial charge in [-0.2, -0.15) is 0 Å². The maximum Gasteiger partial charge on any atom is 0.325 e. The fraction of sp³-hybridized carbons (Fsp3) is 0.263. The van der Waals surface area contributed by atoms with Crippen LogP contribution in [0.2, 0.25) is 0 Å². The summed E-state index contributed by atoms with van der Waals surface area (Å²) < 4.78 is 4.64. The molecule has 126 valence electrons. The Kier molecular flexibility index (Phi) is 6.32. The lowest BCUT2D eigenvalue weighted by Gasteiger charge is -2.23. The van der Waals surface area contributed by atoms with E-state index in [2.05, 4.69) is 16.9 Å². The highest BCUT2D eigenvalue weighted by molar-refractivity contribution is 7.16. The molecule has 0 aliphatic rings. The van der Waals surface area contributed by atoms with Crippen LogP contribution in [0.5, 0.6) is 0 Å². The van der Waals surface area contributed by atoms with Gasteiger partial charge in [-0.25, -0.2) is 0 Å². The monoisotopic (exact) mass is 343 g/mol. The fourth-order valence-corrected chi connectivity index (χ4v) is 3.08. The molecule has 0 atom stereocenters. The van der Waals surface area contributed by atoms with Gasteiger partial charge in [-0.15, -0.1) is 11.3 Å². The zero-order valence-corrected chi connectivity index (χ0v) is 14.9. The zero-order chi connectivity index (χ0) is 17.5. The van der Waals surface area contributed by atoms with Crippen LogP contribution in [0.1, 0.15) is 18.7 Å². The Balaban J connectivity index is 2.08. The molecule has 0 saturated carbocycles. The van der Waals surface area contributed by atoms with E-state index in [-0.39, 0.29) is 18.5 Å². The van der Waals surface area contributed by atoms with Gasteiger partial charge >= 0.3 is 5.97 Å². The molecule has 2 rings (SSSR count). The predicted octanol–water partition coefficient (Wildman–Crippen LogP) is 3.84. The summed E-state index contributed by atoms with van der Waals surface area (Å²) in [6, 6.07) is 14.0. The Morgan fingerprint density at radius 3 is 2.50 bits per heavy atom. The first kappa shape index (κ1) is 17.9. The van der Waals surface area contributed by atoms with E-state index in [0.717, 1.165) is 15.3 Å². The van der Waals surface area contributed by atoms with Crippen LogP contribution >= 0.6 is 11.3 Å². The minimum atomic E-state index is -0.423. The molecule has 1 aromatic heterocycles. The third-order valence-electron chi connectivity index (χ3n) is 3.51. The average molecular weight is 343 g/mol. The first-order valence-corrected chi connectivity index (χ1v) is 8.53. The SMILES string of the molecule is COC(=O)CN(C(=O)C=Cc1ccc(-c2ccccc2)s1)C(C)C. The summed E-state index contributed by atoms with van der Waals surface area (Å²) in [5.41, 5.74) is 1.16. The summed E-state index contributed by atoms with van der Waals surface area (Å²) in [6.07, 6.45) is 3.29. The third-order valence-corrected chi connectivity index (χ3v) is 4.61. The molecule has 0 N–H and O–H groups in total. The normalized spacial score (nSPS) is 11.0. The number of esters is 1. The average Bonchev–Trinajstić information content (AvgIpc) is 3.06. The Morgan fingerprint density at radius 2 is 1.88 bits per heavy atom. The molecule has 0 fully saturated rings. The standard InChI is InChI=1S/C19H21NO3S/c1-14(2)20(13-19(22)23-3)18(21)12-10-16-9-11-17(24-16)15-7-5-4-6-8-15/h4-12,14H,13H2,1-3H3. The number of amides is 1. The van der Waals surface area contributed by atoms with Crippen LogP contribution < -0.4 is 0 Å². The highest BCUT2D eigenvalue weighted by atomic mass is 32.1. The molecule has 0 unspecified atom stereocenters. The number of carbonyl (C=O) groups is 2. The van der Waals surface area contributed by atoms with Gasteiger partial charge in [0.25, 0.3) is 0 Å². The molecule has 0 saturated heterocycles. The second-order valence-corrected chi connectivity index (χ2v) is 6.65. The van der Waals surface area contributed by atoms with E-state index in [1.165, 1.54) is 18.1 Å². The zero-order valence-electron chi connectivity index (χ0n) is 14.1. The van der Waals surface area contributed by atoms with Crippen molar-refractivity contribution in [3.63, 3.8) is 0 Å². The van der Waals surface area contributed by atoms with Crippen LogP contribution in [0.25, 0.3) is 16.5 Å². The number of hydrogen-bond acceptors (Lipinski definition) is 4. The minimum absolute atomic E-state index is 0.0446. The van der Waals surface area contributed by atoms with Crippen molar-refractivity contribution >= 4 is 29.3 Å². The fourth-order valence-electron chi connectivity index (χ4n) is 2.17. The van der Waals surface area contributed by atoms with Gasteiger partial charge in [-0.05, 0) is 37.6 Å². The van der Waals surface area contributed by atoms with E-state index in [0.29, 0.717) is 0 Å². The second-order valence-electron chi connectivity index (χ2n) is 5.54. The molecule has 5 heteroatoms. The Bertz CT molecular complexity index is 719. The summed E-state index contributed by atoms with van der Waals surface area (Å²) >= 11 is 1.62. The van der Waals surface area contributed by atoms with E-state index in [1.54, 1.807) is 17.4 Å². The van der Waals surface area contributed by atoms with Gasteiger partial charge in [-0.1, -0.05) is 30.3 Å². The van der Waals surface area contributed by atoms with Crippen molar-refractivity contribution < 1.29 is 14.3 Å². The summed E-state index contributed by atoms with van der Waals surface area (Å²) in [5, 5.41) is 0. The lowest BCUT2D eigenvalue weighted by atomic mass is 10.2. The van der Waals surface area contributed by atoms with E-state index in [4.69, 9.17) is 0 Å². The van der Waals surface area contributed by atoms with Gasteiger partial charge in [0.15, 0.2) is 0 Å². The lowest BCUT2D eigenvalue weighted by Crippen LogP contribution is -2.40. The maximum absolute atomic E-state index is 12.3. The number of ether oxygens (including phenoxy) is 1. The first-order valence-electron chi connectivity index (χ1n) is 7.72. The van der Waals surface area contributed by atoms with Gasteiger partial charge in [0.1, 0.15) is 6.54 Å². The van der Waals surface area contributed by atoms with Gasteiger partial charge in [0, 0.05) is 21.9 Å². The summed E-state index contributed by atoms with van der Waals surface area (Å²) in [7, 11) is 1.32. The molecule has 0 spiro atoms. The number of nitrogens with zero attached hydrogens (tertiary/aromatic N) is 1. The number of methoxy groups -OCH3 is 1. The molecule has 24 heavy (non-hydrogen) atoms. The molecular weight excluding hydrogens is 322 g/mol. The number of rotatable bonds is 6. The van der Waals surface area contributed by atoms with Crippen LogP contribution in [-0.4, -0.2) is 36.5 Å². The number of thiophene rings is 1. The van der Waals surface area contributed by atoms with Crippen molar-refractivity contribution in [2.24, 2.45) is 0 Å². The van der Waals surface area contributed by atoms with Crippen LogP contribution in [0, 0.1) is 0 Å². The number of hydrogen-bond donors (Lipinski definition) is 0. The highest BCUT2D eigenvalue weighted by Crippen LogP contribution is 2.28. The van der Waals surface area contributed by atoms with Gasteiger partial charge < -0.3 is 9.64 Å². The topological polar surface area (TPSA) is 46.6 Å². The van der Waals surface area contributed by atoms with Gasteiger partial charge in [0.05, 0.1) is 7.11 Å². The number of carbonyl (C=O) groups excluding carboxylic acids is 2. The third kappa shape index (κ3) is 4.80. The molecule has 0 aliphatic heterocycles. The first-order chi connectivity index (χ1) is 11.5. The molecule has 0 aliphatic carbocycles. The molecule has 2 aromatic rings. The maximum atomic E-state index is 12.3. The molecule has 1 aromatic carbocycles. The summed E-state index contributed by atoms with van der Waals surface area (Å²) in [6.45, 7) is 3.69. The Hall–Kier alpha value is -2.40. The Morgan fingerprint density at radius 1 is 1.17 bits per heavy atom. The van der Waals surface area contributed by atoms with Crippen LogP contribution in [0.4, 0.5) is 0 Å². The molecular formula is C19H21NO3S. The summed E-state index contributed by atoms with van der Waals surface area (Å²) in [5.74, 6) is -0.627. The smallest absolute Gasteiger partial charge is 0.325 e. The van der Waals surface area contributed by atoms with Crippen molar-refractivity contribution in [2.75, 3.05) is 13.7 Å². The van der Waals surface area contributed by atoms with Crippen LogP contribution in [-0.2, 0) is 14.3 Å². The molecule has 4 nitrogen and oxygen atoms in total. The van der Waals surface area contributed by atoms with E-state index < -0.39 is 5.97 Å². The van der Waals surface area contributed by atoms with Crippen molar-refractivity contribution in [2.45, 2.75) is 19.9 Å². The quantitative estimate of drug-likeness (QED) is 0.591. The molecule has 1 amide bonds. The highest BCUT2D eigenvalue weighted by Gasteiger charge is 2.18. The van der Waals surface area contributed by atoms with Gasteiger partial charge in [0.2, 0.25) is 5.91 Å². The van der Waals surface area contributed by atoms with Gasteiger partial charge in [-0.3, -0.25) is 9.59 Å². The Labute approximate surface area is 146 Å². The van der Waals surface area contributed by atoms with E-state index >= 15 is 0 Å². The minimum Gasteiger partial charge on any atom is -0.468 e. The predicted molar refractivity (Wildman–Crippen MR) is 97.7 cm³/mol. The lowest BCUT2D eigenvalue weighted by molar-refractivity contribution is -0.146. The summed E-state index contributed by atoms with van der Waals surface area (Å²) in [4.78, 5) is 27.4. The molecule has 1 heterocycles. The largest absolute Gasteiger partial charge is 0.468 e. The van der Waals surface area contributed by atoms with Crippen molar-refractivity contribution in [3.05, 3.63) is 53.4 Å².